The number of carbonyl (C=O) groups is 2. The quantitative estimate of drug-likeness (QED) is 0.633. The van der Waals surface area contributed by atoms with Gasteiger partial charge in [0.25, 0.3) is 5.91 Å². The molecule has 1 rings (SSSR count). The lowest BCUT2D eigenvalue weighted by molar-refractivity contribution is -0.140. The van der Waals surface area contributed by atoms with E-state index in [2.05, 4.69) is 15.0 Å². The number of pyridine rings is 1. The fourth-order valence-electron chi connectivity index (χ4n) is 0.999. The Morgan fingerprint density at radius 2 is 2.31 bits per heavy atom. The predicted molar refractivity (Wildman–Crippen MR) is 58.2 cm³/mol. The van der Waals surface area contributed by atoms with Crippen LogP contribution in [0.4, 0.5) is 0 Å². The van der Waals surface area contributed by atoms with Crippen LogP contribution in [-0.2, 0) is 9.53 Å². The van der Waals surface area contributed by atoms with Crippen LogP contribution in [0.25, 0.3) is 0 Å². The number of amides is 1. The molecule has 1 N–H and O–H groups in total. The normalized spacial score (nSPS) is 9.62. The molecule has 1 heterocycles. The van der Waals surface area contributed by atoms with Crippen LogP contribution in [0.2, 0.25) is 5.02 Å². The zero-order chi connectivity index (χ0) is 12.0. The van der Waals surface area contributed by atoms with E-state index in [1.54, 1.807) is 0 Å². The van der Waals surface area contributed by atoms with Gasteiger partial charge in [0.2, 0.25) is 0 Å². The lowest BCUT2D eigenvalue weighted by Gasteiger charge is -2.05. The second-order valence-electron chi connectivity index (χ2n) is 2.95. The third kappa shape index (κ3) is 3.86. The van der Waals surface area contributed by atoms with E-state index >= 15 is 0 Å². The maximum atomic E-state index is 11.5. The summed E-state index contributed by atoms with van der Waals surface area (Å²) in [7, 11) is 0. The number of nitrogens with one attached hydrogen (secondary N) is 1. The number of nitrogens with zero attached hydrogens (tertiary/aromatic N) is 1. The molecule has 0 aliphatic carbocycles. The monoisotopic (exact) mass is 242 g/mol. The minimum absolute atomic E-state index is 0.138. The predicted octanol–water partition coefficient (Wildman–Crippen LogP) is 1.03. The minimum atomic E-state index is -0.381. The average Bonchev–Trinajstić information content (AvgIpc) is 2.24. The van der Waals surface area contributed by atoms with Crippen molar-refractivity contribution in [3.63, 3.8) is 0 Å². The molecule has 0 spiro atoms. The molecule has 0 aliphatic rings. The van der Waals surface area contributed by atoms with Crippen LogP contribution < -0.4 is 5.32 Å². The molecule has 5 nitrogen and oxygen atoms in total. The molecular formula is C10H11ClN2O3. The van der Waals surface area contributed by atoms with Gasteiger partial charge in [-0.15, -0.1) is 0 Å². The van der Waals surface area contributed by atoms with Crippen molar-refractivity contribution in [2.24, 2.45) is 0 Å². The molecule has 1 amide bonds. The molecule has 0 atom stereocenters. The first-order valence-corrected chi connectivity index (χ1v) is 5.00. The van der Waals surface area contributed by atoms with Gasteiger partial charge in [-0.2, -0.15) is 0 Å². The number of esters is 1. The molecule has 16 heavy (non-hydrogen) atoms. The number of halogens is 1. The summed E-state index contributed by atoms with van der Waals surface area (Å²) in [4.78, 5) is 25.8. The van der Waals surface area contributed by atoms with Crippen LogP contribution in [0.3, 0.4) is 0 Å². The largest absolute Gasteiger partial charge is 0.464 e. The molecule has 0 fully saturated rings. The molecule has 86 valence electrons. The summed E-state index contributed by atoms with van der Waals surface area (Å²) in [6.07, 6.45) is 2.88. The van der Waals surface area contributed by atoms with E-state index < -0.39 is 0 Å². The Hall–Kier alpha value is -1.62. The Kier molecular flexibility index (Phi) is 4.72. The summed E-state index contributed by atoms with van der Waals surface area (Å²) in [6, 6.07) is 1.53. The number of hydrogen-bond donors (Lipinski definition) is 1. The van der Waals surface area contributed by atoms with Crippen LogP contribution in [0.1, 0.15) is 17.3 Å². The van der Waals surface area contributed by atoms with Crippen molar-refractivity contribution >= 4 is 23.5 Å². The number of aromatic nitrogens is 1. The zero-order valence-corrected chi connectivity index (χ0v) is 9.45. The Labute approximate surface area is 97.8 Å². The molecule has 0 bridgehead atoms. The van der Waals surface area contributed by atoms with Crippen LogP contribution >= 0.6 is 11.6 Å². The summed E-state index contributed by atoms with van der Waals surface area (Å²) >= 11 is 5.80. The maximum Gasteiger partial charge on any atom is 0.302 e. The van der Waals surface area contributed by atoms with Gasteiger partial charge in [0, 0.05) is 19.3 Å². The molecule has 0 saturated carbocycles. The highest BCUT2D eigenvalue weighted by molar-refractivity contribution is 6.33. The molecule has 0 saturated heterocycles. The Morgan fingerprint density at radius 3 is 2.94 bits per heavy atom. The van der Waals surface area contributed by atoms with E-state index in [-0.39, 0.29) is 25.0 Å². The van der Waals surface area contributed by atoms with Gasteiger partial charge < -0.3 is 10.1 Å². The summed E-state index contributed by atoms with van der Waals surface area (Å²) in [5.74, 6) is -0.723. The van der Waals surface area contributed by atoms with Gasteiger partial charge in [-0.3, -0.25) is 14.6 Å². The maximum absolute atomic E-state index is 11.5. The van der Waals surface area contributed by atoms with Crippen molar-refractivity contribution in [3.05, 3.63) is 29.0 Å². The van der Waals surface area contributed by atoms with Crippen molar-refractivity contribution in [1.82, 2.24) is 10.3 Å². The van der Waals surface area contributed by atoms with Crippen molar-refractivity contribution in [2.75, 3.05) is 13.2 Å². The van der Waals surface area contributed by atoms with Gasteiger partial charge in [0.1, 0.15) is 6.61 Å². The Morgan fingerprint density at radius 1 is 1.56 bits per heavy atom. The average molecular weight is 243 g/mol. The number of carbonyl (C=O) groups excluding carboxylic acids is 2. The highest BCUT2D eigenvalue weighted by atomic mass is 35.5. The number of rotatable bonds is 4. The molecular weight excluding hydrogens is 232 g/mol. The fourth-order valence-corrected chi connectivity index (χ4v) is 1.19. The summed E-state index contributed by atoms with van der Waals surface area (Å²) in [5.41, 5.74) is 0.298. The van der Waals surface area contributed by atoms with E-state index in [1.165, 1.54) is 25.4 Å². The van der Waals surface area contributed by atoms with Gasteiger partial charge in [0.15, 0.2) is 0 Å². The van der Waals surface area contributed by atoms with Crippen LogP contribution in [0.15, 0.2) is 18.5 Å². The topological polar surface area (TPSA) is 68.3 Å². The first-order chi connectivity index (χ1) is 7.61. The fraction of sp³-hybridized carbons (Fsp3) is 0.300. The second kappa shape index (κ2) is 6.07. The van der Waals surface area contributed by atoms with Gasteiger partial charge >= 0.3 is 5.97 Å². The smallest absolute Gasteiger partial charge is 0.302 e. The van der Waals surface area contributed by atoms with Crippen molar-refractivity contribution in [2.45, 2.75) is 6.92 Å². The van der Waals surface area contributed by atoms with E-state index in [4.69, 9.17) is 11.6 Å². The summed E-state index contributed by atoms with van der Waals surface area (Å²) in [6.45, 7) is 1.68. The molecule has 1 aromatic rings. The molecule has 0 aromatic carbocycles. The zero-order valence-electron chi connectivity index (χ0n) is 8.70. The third-order valence-electron chi connectivity index (χ3n) is 1.71. The van der Waals surface area contributed by atoms with Crippen molar-refractivity contribution < 1.29 is 14.3 Å². The van der Waals surface area contributed by atoms with Gasteiger partial charge in [0.05, 0.1) is 17.1 Å². The lowest BCUT2D eigenvalue weighted by atomic mass is 10.2. The van der Waals surface area contributed by atoms with Gasteiger partial charge in [-0.1, -0.05) is 11.6 Å². The Balaban J connectivity index is 2.41. The third-order valence-corrected chi connectivity index (χ3v) is 2.04. The first kappa shape index (κ1) is 12.4. The highest BCUT2D eigenvalue weighted by Crippen LogP contribution is 2.12. The lowest BCUT2D eigenvalue weighted by Crippen LogP contribution is -2.28. The summed E-state index contributed by atoms with van der Waals surface area (Å²) < 4.78 is 4.66. The van der Waals surface area contributed by atoms with E-state index in [0.29, 0.717) is 10.6 Å². The first-order valence-electron chi connectivity index (χ1n) is 4.62. The van der Waals surface area contributed by atoms with Crippen LogP contribution in [0.5, 0.6) is 0 Å². The molecule has 0 radical (unpaired) electrons. The van der Waals surface area contributed by atoms with Crippen LogP contribution in [0, 0.1) is 0 Å². The standard InChI is InChI=1S/C10H11ClN2O3/c1-7(14)16-5-4-13-10(15)8-6-12-3-2-9(8)11/h2-3,6H,4-5H2,1H3,(H,13,15). The SMILES string of the molecule is CC(=O)OCCNC(=O)c1cnccc1Cl. The molecule has 0 unspecified atom stereocenters. The molecule has 1 aromatic heterocycles. The molecule has 6 heteroatoms. The molecule has 0 aliphatic heterocycles. The minimum Gasteiger partial charge on any atom is -0.464 e. The number of hydrogen-bond acceptors (Lipinski definition) is 4. The highest BCUT2D eigenvalue weighted by Gasteiger charge is 2.09. The second-order valence-corrected chi connectivity index (χ2v) is 3.36. The van der Waals surface area contributed by atoms with Crippen molar-refractivity contribution in [3.8, 4) is 0 Å². The van der Waals surface area contributed by atoms with E-state index in [1.807, 2.05) is 0 Å². The number of ether oxygens (including phenoxy) is 1. The van der Waals surface area contributed by atoms with Crippen molar-refractivity contribution in [1.29, 1.82) is 0 Å². The van der Waals surface area contributed by atoms with Gasteiger partial charge in [-0.25, -0.2) is 0 Å². The van der Waals surface area contributed by atoms with Gasteiger partial charge in [-0.05, 0) is 6.07 Å². The Bertz CT molecular complexity index is 395. The van der Waals surface area contributed by atoms with Crippen LogP contribution in [-0.4, -0.2) is 30.0 Å². The van der Waals surface area contributed by atoms with E-state index in [9.17, 15) is 9.59 Å². The van der Waals surface area contributed by atoms with E-state index in [0.717, 1.165) is 0 Å². The summed E-state index contributed by atoms with van der Waals surface area (Å²) in [5, 5.41) is 2.89.